The molecular formula is C22H19NO4S2. The van der Waals surface area contributed by atoms with Crippen molar-refractivity contribution in [2.24, 2.45) is 0 Å². The second kappa shape index (κ2) is 9.07. The number of methoxy groups -OCH3 is 1. The van der Waals surface area contributed by atoms with Gasteiger partial charge in [-0.3, -0.25) is 9.69 Å². The van der Waals surface area contributed by atoms with Crippen LogP contribution in [0.2, 0.25) is 0 Å². The van der Waals surface area contributed by atoms with Crippen molar-refractivity contribution >= 4 is 46.3 Å². The molecule has 0 N–H and O–H groups in total. The van der Waals surface area contributed by atoms with Gasteiger partial charge in [0.2, 0.25) is 0 Å². The smallest absolute Gasteiger partial charge is 0.343 e. The van der Waals surface area contributed by atoms with Gasteiger partial charge in [-0.15, -0.1) is 6.58 Å². The molecule has 1 aliphatic heterocycles. The van der Waals surface area contributed by atoms with E-state index in [4.69, 9.17) is 21.7 Å². The predicted molar refractivity (Wildman–Crippen MR) is 119 cm³/mol. The molecule has 0 saturated carbocycles. The minimum atomic E-state index is -0.471. The summed E-state index contributed by atoms with van der Waals surface area (Å²) < 4.78 is 11.3. The fourth-order valence-corrected chi connectivity index (χ4v) is 3.92. The van der Waals surface area contributed by atoms with Crippen molar-refractivity contribution in [2.45, 2.75) is 6.92 Å². The third-order valence-electron chi connectivity index (χ3n) is 4.16. The van der Waals surface area contributed by atoms with Crippen molar-refractivity contribution in [2.75, 3.05) is 13.7 Å². The molecule has 0 aromatic heterocycles. The highest BCUT2D eigenvalue weighted by atomic mass is 32.2. The van der Waals surface area contributed by atoms with E-state index in [-0.39, 0.29) is 5.91 Å². The van der Waals surface area contributed by atoms with Gasteiger partial charge in [0.05, 0.1) is 17.6 Å². The minimum absolute atomic E-state index is 0.159. The van der Waals surface area contributed by atoms with Crippen LogP contribution in [0, 0.1) is 6.92 Å². The molecule has 5 nitrogen and oxygen atoms in total. The van der Waals surface area contributed by atoms with Crippen LogP contribution in [0.25, 0.3) is 6.08 Å². The molecule has 0 spiro atoms. The van der Waals surface area contributed by atoms with E-state index >= 15 is 0 Å². The zero-order chi connectivity index (χ0) is 21.0. The highest BCUT2D eigenvalue weighted by molar-refractivity contribution is 8.26. The van der Waals surface area contributed by atoms with Gasteiger partial charge < -0.3 is 9.47 Å². The molecule has 0 atom stereocenters. The Bertz CT molecular complexity index is 1010. The Morgan fingerprint density at radius 3 is 2.59 bits per heavy atom. The first-order valence-electron chi connectivity index (χ1n) is 8.76. The van der Waals surface area contributed by atoms with E-state index in [0.717, 1.165) is 11.1 Å². The predicted octanol–water partition coefficient (Wildman–Crippen LogP) is 4.61. The Morgan fingerprint density at radius 1 is 1.21 bits per heavy atom. The van der Waals surface area contributed by atoms with E-state index in [9.17, 15) is 9.59 Å². The lowest BCUT2D eigenvalue weighted by Gasteiger charge is -2.11. The number of thiocarbonyl (C=S) groups is 1. The minimum Gasteiger partial charge on any atom is -0.493 e. The molecule has 1 aliphatic rings. The van der Waals surface area contributed by atoms with Crippen LogP contribution >= 0.6 is 24.0 Å². The number of ether oxygens (including phenoxy) is 2. The maximum atomic E-state index is 12.5. The number of carbonyl (C=O) groups is 2. The summed E-state index contributed by atoms with van der Waals surface area (Å²) >= 11 is 6.48. The quantitative estimate of drug-likeness (QED) is 0.221. The first kappa shape index (κ1) is 20.8. The number of hydrogen-bond acceptors (Lipinski definition) is 6. The van der Waals surface area contributed by atoms with E-state index in [1.54, 1.807) is 42.5 Å². The molecule has 3 rings (SSSR count). The van der Waals surface area contributed by atoms with Crippen molar-refractivity contribution < 1.29 is 19.1 Å². The number of carbonyl (C=O) groups excluding carboxylic acids is 2. The number of benzene rings is 2. The van der Waals surface area contributed by atoms with Gasteiger partial charge in [0, 0.05) is 6.54 Å². The van der Waals surface area contributed by atoms with E-state index < -0.39 is 5.97 Å². The highest BCUT2D eigenvalue weighted by Crippen LogP contribution is 2.34. The first-order chi connectivity index (χ1) is 13.9. The lowest BCUT2D eigenvalue weighted by atomic mass is 10.1. The van der Waals surface area contributed by atoms with E-state index in [2.05, 4.69) is 6.58 Å². The summed E-state index contributed by atoms with van der Waals surface area (Å²) in [6.45, 7) is 5.96. The highest BCUT2D eigenvalue weighted by Gasteiger charge is 2.31. The molecule has 29 heavy (non-hydrogen) atoms. The van der Waals surface area contributed by atoms with Crippen LogP contribution in [-0.4, -0.2) is 34.8 Å². The van der Waals surface area contributed by atoms with E-state index in [1.165, 1.54) is 23.8 Å². The Balaban J connectivity index is 1.81. The average molecular weight is 426 g/mol. The van der Waals surface area contributed by atoms with Crippen molar-refractivity contribution in [1.82, 2.24) is 4.90 Å². The molecule has 0 aliphatic carbocycles. The molecule has 148 valence electrons. The summed E-state index contributed by atoms with van der Waals surface area (Å²) in [6, 6.07) is 12.2. The summed E-state index contributed by atoms with van der Waals surface area (Å²) in [5.74, 6) is 0.0605. The topological polar surface area (TPSA) is 55.8 Å². The van der Waals surface area contributed by atoms with Gasteiger partial charge in [0.1, 0.15) is 4.32 Å². The molecule has 1 amide bonds. The van der Waals surface area contributed by atoms with Gasteiger partial charge in [0.15, 0.2) is 11.5 Å². The molecule has 7 heteroatoms. The molecule has 2 aromatic rings. The number of nitrogens with zero attached hydrogens (tertiary/aromatic N) is 1. The van der Waals surface area contributed by atoms with Gasteiger partial charge in [-0.25, -0.2) is 4.79 Å². The van der Waals surface area contributed by atoms with Gasteiger partial charge in [0.25, 0.3) is 5.91 Å². The Labute approximate surface area is 179 Å². The maximum Gasteiger partial charge on any atom is 0.343 e. The monoisotopic (exact) mass is 425 g/mol. The fraction of sp³-hybridized carbons (Fsp3) is 0.136. The SMILES string of the molecule is C=CCN1C(=O)/C(=C\c2ccc(OC(=O)c3ccc(C)cc3)c(OC)c2)SC1=S. The first-order valence-corrected chi connectivity index (χ1v) is 9.98. The van der Waals surface area contributed by atoms with Crippen LogP contribution in [-0.2, 0) is 4.79 Å². The van der Waals surface area contributed by atoms with Crippen LogP contribution in [0.1, 0.15) is 21.5 Å². The third-order valence-corrected chi connectivity index (χ3v) is 5.54. The van der Waals surface area contributed by atoms with Crippen molar-refractivity contribution in [3.63, 3.8) is 0 Å². The second-order valence-electron chi connectivity index (χ2n) is 6.25. The summed E-state index contributed by atoms with van der Waals surface area (Å²) in [7, 11) is 1.49. The van der Waals surface area contributed by atoms with Gasteiger partial charge in [-0.1, -0.05) is 53.8 Å². The number of rotatable bonds is 6. The second-order valence-corrected chi connectivity index (χ2v) is 7.92. The summed E-state index contributed by atoms with van der Waals surface area (Å²) in [5.41, 5.74) is 2.24. The maximum absolute atomic E-state index is 12.5. The molecule has 0 radical (unpaired) electrons. The van der Waals surface area contributed by atoms with E-state index in [0.29, 0.717) is 32.8 Å². The molecular weight excluding hydrogens is 406 g/mol. The van der Waals surface area contributed by atoms with Crippen LogP contribution in [0.4, 0.5) is 0 Å². The molecule has 1 heterocycles. The number of thioether (sulfide) groups is 1. The molecule has 0 bridgehead atoms. The van der Waals surface area contributed by atoms with Crippen molar-refractivity contribution in [3.05, 3.63) is 76.7 Å². The van der Waals surface area contributed by atoms with Crippen LogP contribution in [0.5, 0.6) is 11.5 Å². The largest absolute Gasteiger partial charge is 0.493 e. The molecule has 0 unspecified atom stereocenters. The van der Waals surface area contributed by atoms with Crippen LogP contribution in [0.15, 0.2) is 60.0 Å². The average Bonchev–Trinajstić information content (AvgIpc) is 2.97. The van der Waals surface area contributed by atoms with Gasteiger partial charge in [-0.2, -0.15) is 0 Å². The number of esters is 1. The number of amides is 1. The lowest BCUT2D eigenvalue weighted by Crippen LogP contribution is -2.27. The Morgan fingerprint density at radius 2 is 1.93 bits per heavy atom. The zero-order valence-electron chi connectivity index (χ0n) is 16.0. The van der Waals surface area contributed by atoms with Gasteiger partial charge in [-0.05, 0) is 42.8 Å². The van der Waals surface area contributed by atoms with Gasteiger partial charge >= 0.3 is 5.97 Å². The van der Waals surface area contributed by atoms with E-state index in [1.807, 2.05) is 19.1 Å². The third kappa shape index (κ3) is 4.75. The number of aryl methyl sites for hydroxylation is 1. The standard InChI is InChI=1S/C22H19NO4S2/c1-4-11-23-20(24)19(29-22(23)28)13-15-7-10-17(18(12-15)26-3)27-21(25)16-8-5-14(2)6-9-16/h4-10,12-13H,1,11H2,2-3H3/b19-13+. The Hall–Kier alpha value is -2.90. The molecule has 2 aromatic carbocycles. The summed E-state index contributed by atoms with van der Waals surface area (Å²) in [6.07, 6.45) is 3.37. The zero-order valence-corrected chi connectivity index (χ0v) is 17.6. The van der Waals surface area contributed by atoms with Crippen molar-refractivity contribution in [1.29, 1.82) is 0 Å². The van der Waals surface area contributed by atoms with Crippen LogP contribution in [0.3, 0.4) is 0 Å². The summed E-state index contributed by atoms with van der Waals surface area (Å²) in [4.78, 5) is 26.8. The summed E-state index contributed by atoms with van der Waals surface area (Å²) in [5, 5.41) is 0. The normalized spacial score (nSPS) is 15.0. The fourth-order valence-electron chi connectivity index (χ4n) is 2.64. The van der Waals surface area contributed by atoms with Crippen molar-refractivity contribution in [3.8, 4) is 11.5 Å². The Kier molecular flexibility index (Phi) is 6.51. The lowest BCUT2D eigenvalue weighted by molar-refractivity contribution is -0.121. The molecule has 1 saturated heterocycles. The number of hydrogen-bond donors (Lipinski definition) is 0. The van der Waals surface area contributed by atoms with Crippen LogP contribution < -0.4 is 9.47 Å². The molecule has 1 fully saturated rings.